The molecular weight excluding hydrogens is 368 g/mol. The lowest BCUT2D eigenvalue weighted by molar-refractivity contribution is -0.254. The Kier molecular flexibility index (Phi) is 5.57. The van der Waals surface area contributed by atoms with E-state index < -0.39 is 21.9 Å². The van der Waals surface area contributed by atoms with Crippen molar-refractivity contribution in [2.24, 2.45) is 0 Å². The van der Waals surface area contributed by atoms with Crippen molar-refractivity contribution in [2.75, 3.05) is 18.4 Å². The van der Waals surface area contributed by atoms with Crippen LogP contribution in [0.2, 0.25) is 0 Å². The molecule has 0 bridgehead atoms. The summed E-state index contributed by atoms with van der Waals surface area (Å²) in [4.78, 5) is 23.6. The lowest BCUT2D eigenvalue weighted by Gasteiger charge is -2.25. The number of hydrogen-bond acceptors (Lipinski definition) is 5. The number of carbonyl (C=O) groups excluding carboxylic acids is 2. The van der Waals surface area contributed by atoms with E-state index >= 15 is 0 Å². The lowest BCUT2D eigenvalue weighted by atomic mass is 10.1. The molecule has 2 aromatic rings. The van der Waals surface area contributed by atoms with Gasteiger partial charge in [-0.05, 0) is 43.2 Å². The molecule has 8 heteroatoms. The summed E-state index contributed by atoms with van der Waals surface area (Å²) in [5.41, 5.74) is 0.211. The fraction of sp³-hybridized carbons (Fsp3) is 0.263. The molecule has 0 saturated carbocycles. The van der Waals surface area contributed by atoms with Crippen molar-refractivity contribution in [3.63, 3.8) is 0 Å². The Morgan fingerprint density at radius 2 is 1.56 bits per heavy atom. The van der Waals surface area contributed by atoms with Gasteiger partial charge in [0.05, 0.1) is 16.6 Å². The number of hydrogen-bond donors (Lipinski definition) is 1. The third-order valence-electron chi connectivity index (χ3n) is 4.46. The first kappa shape index (κ1) is 19.1. The summed E-state index contributed by atoms with van der Waals surface area (Å²) in [6.45, 7) is 1.01. The van der Waals surface area contributed by atoms with Gasteiger partial charge >= 0.3 is 0 Å². The Balaban J connectivity index is 1.77. The fourth-order valence-corrected chi connectivity index (χ4v) is 4.51. The number of sulfonamides is 1. The molecule has 3 rings (SSSR count). The molecule has 27 heavy (non-hydrogen) atoms. The van der Waals surface area contributed by atoms with Crippen LogP contribution in [0.25, 0.3) is 0 Å². The molecule has 0 radical (unpaired) electrons. The van der Waals surface area contributed by atoms with Crippen molar-refractivity contribution >= 4 is 27.6 Å². The van der Waals surface area contributed by atoms with Crippen LogP contribution >= 0.6 is 0 Å². The number of carbonyl (C=O) groups is 2. The smallest absolute Gasteiger partial charge is 0.255 e. The van der Waals surface area contributed by atoms with Gasteiger partial charge in [0, 0.05) is 24.2 Å². The number of aromatic carboxylic acids is 1. The van der Waals surface area contributed by atoms with E-state index in [0.717, 1.165) is 19.3 Å². The highest BCUT2D eigenvalue weighted by Crippen LogP contribution is 2.21. The van der Waals surface area contributed by atoms with Gasteiger partial charge in [-0.2, -0.15) is 4.31 Å². The fourth-order valence-electron chi connectivity index (χ4n) is 3.00. The predicted octanol–water partition coefficient (Wildman–Crippen LogP) is 1.48. The number of piperidine rings is 1. The largest absolute Gasteiger partial charge is 0.545 e. The number of benzene rings is 2. The van der Waals surface area contributed by atoms with Crippen molar-refractivity contribution in [3.8, 4) is 0 Å². The Morgan fingerprint density at radius 1 is 0.926 bits per heavy atom. The third-order valence-corrected chi connectivity index (χ3v) is 6.38. The van der Waals surface area contributed by atoms with E-state index in [1.807, 2.05) is 0 Å². The standard InChI is InChI=1S/C19H20N2O5S/c22-18(20-17-7-3-2-6-16(17)19(23)24)14-8-10-15(11-9-14)27(25,26)21-12-4-1-5-13-21/h2-3,6-11H,1,4-5,12-13H2,(H,20,22)(H,23,24)/p-1. The molecule has 1 heterocycles. The minimum absolute atomic E-state index is 0.118. The summed E-state index contributed by atoms with van der Waals surface area (Å²) in [5, 5.41) is 13.6. The van der Waals surface area contributed by atoms with Crippen LogP contribution in [0, 0.1) is 0 Å². The SMILES string of the molecule is O=C(Nc1ccccc1C(=O)[O-])c1ccc(S(=O)(=O)N2CCCCC2)cc1. The second-order valence-electron chi connectivity index (χ2n) is 6.28. The molecule has 1 amide bonds. The van der Waals surface area contributed by atoms with E-state index in [-0.39, 0.29) is 21.7 Å². The van der Waals surface area contributed by atoms with Crippen LogP contribution in [0.3, 0.4) is 0 Å². The van der Waals surface area contributed by atoms with Crippen LogP contribution in [-0.4, -0.2) is 37.7 Å². The minimum atomic E-state index is -3.57. The normalized spacial score (nSPS) is 15.3. The molecule has 2 aromatic carbocycles. The molecule has 0 spiro atoms. The summed E-state index contributed by atoms with van der Waals surface area (Å²) in [5.74, 6) is -1.93. The molecule has 142 valence electrons. The molecule has 1 aliphatic heterocycles. The number of nitrogens with zero attached hydrogens (tertiary/aromatic N) is 1. The van der Waals surface area contributed by atoms with Crippen molar-refractivity contribution in [3.05, 3.63) is 59.7 Å². The van der Waals surface area contributed by atoms with Crippen molar-refractivity contribution in [1.82, 2.24) is 4.31 Å². The zero-order chi connectivity index (χ0) is 19.4. The molecule has 0 aromatic heterocycles. The van der Waals surface area contributed by atoms with Crippen molar-refractivity contribution in [2.45, 2.75) is 24.2 Å². The molecule has 1 saturated heterocycles. The van der Waals surface area contributed by atoms with E-state index in [4.69, 9.17) is 0 Å². The number of rotatable bonds is 5. The highest BCUT2D eigenvalue weighted by Gasteiger charge is 2.26. The van der Waals surface area contributed by atoms with E-state index in [0.29, 0.717) is 13.1 Å². The number of anilines is 1. The van der Waals surface area contributed by atoms with E-state index in [1.165, 1.54) is 46.8 Å². The van der Waals surface area contributed by atoms with Crippen LogP contribution < -0.4 is 10.4 Å². The van der Waals surface area contributed by atoms with Crippen molar-refractivity contribution < 1.29 is 23.1 Å². The zero-order valence-corrected chi connectivity index (χ0v) is 15.4. The first-order valence-electron chi connectivity index (χ1n) is 8.61. The molecular formula is C19H19N2O5S-. The third kappa shape index (κ3) is 4.17. The summed E-state index contributed by atoms with van der Waals surface area (Å²) in [6.07, 6.45) is 2.72. The van der Waals surface area contributed by atoms with Gasteiger partial charge in [-0.25, -0.2) is 8.42 Å². The van der Waals surface area contributed by atoms with E-state index in [1.54, 1.807) is 6.07 Å². The summed E-state index contributed by atoms with van der Waals surface area (Å²) in [7, 11) is -3.57. The summed E-state index contributed by atoms with van der Waals surface area (Å²) in [6, 6.07) is 11.5. The maximum atomic E-state index is 12.6. The number of amides is 1. The second-order valence-corrected chi connectivity index (χ2v) is 8.21. The Bertz CT molecular complexity index is 948. The maximum absolute atomic E-state index is 12.6. The number of nitrogens with one attached hydrogen (secondary N) is 1. The van der Waals surface area contributed by atoms with Crippen LogP contribution in [-0.2, 0) is 10.0 Å². The molecule has 1 fully saturated rings. The van der Waals surface area contributed by atoms with Crippen LogP contribution in [0.5, 0.6) is 0 Å². The molecule has 0 aliphatic carbocycles. The topological polar surface area (TPSA) is 107 Å². The molecule has 7 nitrogen and oxygen atoms in total. The number of para-hydroxylation sites is 1. The first-order chi connectivity index (χ1) is 12.9. The zero-order valence-electron chi connectivity index (χ0n) is 14.6. The van der Waals surface area contributed by atoms with E-state index in [2.05, 4.69) is 5.32 Å². The van der Waals surface area contributed by atoms with Gasteiger partial charge in [0.1, 0.15) is 0 Å². The van der Waals surface area contributed by atoms with Gasteiger partial charge in [0.2, 0.25) is 10.0 Å². The predicted molar refractivity (Wildman–Crippen MR) is 97.8 cm³/mol. The molecule has 1 aliphatic rings. The monoisotopic (exact) mass is 387 g/mol. The average molecular weight is 387 g/mol. The molecule has 1 N–H and O–H groups in total. The summed E-state index contributed by atoms with van der Waals surface area (Å²) >= 11 is 0. The van der Waals surface area contributed by atoms with Gasteiger partial charge in [0.25, 0.3) is 5.91 Å². The lowest BCUT2D eigenvalue weighted by Crippen LogP contribution is -2.35. The molecule has 0 atom stereocenters. The minimum Gasteiger partial charge on any atom is -0.545 e. The maximum Gasteiger partial charge on any atom is 0.255 e. The van der Waals surface area contributed by atoms with Crippen LogP contribution in [0.4, 0.5) is 5.69 Å². The first-order valence-corrected chi connectivity index (χ1v) is 10.1. The van der Waals surface area contributed by atoms with Gasteiger partial charge in [-0.3, -0.25) is 4.79 Å². The number of carboxylic acid groups (broad SMARTS) is 1. The summed E-state index contributed by atoms with van der Waals surface area (Å²) < 4.78 is 26.7. The Morgan fingerprint density at radius 3 is 2.19 bits per heavy atom. The Labute approximate surface area is 157 Å². The average Bonchev–Trinajstić information content (AvgIpc) is 2.69. The van der Waals surface area contributed by atoms with E-state index in [9.17, 15) is 23.1 Å². The van der Waals surface area contributed by atoms with Gasteiger partial charge in [-0.15, -0.1) is 0 Å². The molecule has 0 unspecified atom stereocenters. The van der Waals surface area contributed by atoms with Gasteiger partial charge in [-0.1, -0.05) is 24.6 Å². The Hall–Kier alpha value is -2.71. The number of carboxylic acids is 1. The van der Waals surface area contributed by atoms with Gasteiger partial charge in [0.15, 0.2) is 0 Å². The second kappa shape index (κ2) is 7.89. The highest BCUT2D eigenvalue weighted by atomic mass is 32.2. The quantitative estimate of drug-likeness (QED) is 0.836. The highest BCUT2D eigenvalue weighted by molar-refractivity contribution is 7.89. The van der Waals surface area contributed by atoms with Crippen molar-refractivity contribution in [1.29, 1.82) is 0 Å². The van der Waals surface area contributed by atoms with Gasteiger partial charge < -0.3 is 15.2 Å². The van der Waals surface area contributed by atoms with Crippen LogP contribution in [0.15, 0.2) is 53.4 Å². The van der Waals surface area contributed by atoms with Crippen LogP contribution in [0.1, 0.15) is 40.0 Å².